The van der Waals surface area contributed by atoms with Crippen LogP contribution >= 0.6 is 46.4 Å². The zero-order valence-electron chi connectivity index (χ0n) is 26.7. The van der Waals surface area contributed by atoms with E-state index in [0.29, 0.717) is 21.4 Å². The predicted molar refractivity (Wildman–Crippen MR) is 203 cm³/mol. The number of anilines is 8. The Kier molecular flexibility index (Phi) is 11.5. The zero-order valence-corrected chi connectivity index (χ0v) is 31.4. The van der Waals surface area contributed by atoms with E-state index in [0.717, 1.165) is 24.3 Å². The van der Waals surface area contributed by atoms with Crippen molar-refractivity contribution >= 4 is 125 Å². The molecule has 22 heteroatoms. The van der Waals surface area contributed by atoms with Gasteiger partial charge in [0.1, 0.15) is 20.2 Å². The summed E-state index contributed by atoms with van der Waals surface area (Å²) in [6.45, 7) is 0. The summed E-state index contributed by atoms with van der Waals surface area (Å²) in [5, 5.41) is 11.7. The Morgan fingerprint density at radius 3 is 1.19 bits per heavy atom. The van der Waals surface area contributed by atoms with E-state index < -0.39 is 30.0 Å². The molecule has 0 bridgehead atoms. The highest BCUT2D eigenvalue weighted by atomic mass is 35.5. The van der Waals surface area contributed by atoms with Gasteiger partial charge in [-0.05, 0) is 82.9 Å². The molecule has 2 aromatic heterocycles. The van der Waals surface area contributed by atoms with Crippen LogP contribution in [0.25, 0.3) is 12.2 Å². The van der Waals surface area contributed by atoms with Gasteiger partial charge in [0.15, 0.2) is 0 Å². The molecule has 2 heterocycles. The van der Waals surface area contributed by atoms with Crippen molar-refractivity contribution in [2.24, 2.45) is 0 Å². The van der Waals surface area contributed by atoms with E-state index in [1.807, 2.05) is 0 Å². The summed E-state index contributed by atoms with van der Waals surface area (Å²) in [7, 11) is -10.2. The summed E-state index contributed by atoms with van der Waals surface area (Å²) in [5.41, 5.74) is 0.863. The summed E-state index contributed by atoms with van der Waals surface area (Å²) in [4.78, 5) is 23.0. The fourth-order valence-electron chi connectivity index (χ4n) is 4.66. The van der Waals surface area contributed by atoms with Crippen LogP contribution in [0.15, 0.2) is 94.7 Å². The highest BCUT2D eigenvalue weighted by molar-refractivity contribution is 7.86. The van der Waals surface area contributed by atoms with Gasteiger partial charge >= 0.3 is 0 Å². The van der Waals surface area contributed by atoms with Gasteiger partial charge in [0.2, 0.25) is 34.4 Å². The van der Waals surface area contributed by atoms with Gasteiger partial charge in [0.25, 0.3) is 0 Å². The number of hydrogen-bond acceptors (Lipinski definition) is 16. The summed E-state index contributed by atoms with van der Waals surface area (Å²) in [5.74, 6) is -0.180. The first-order chi connectivity index (χ1) is 25.6. The number of halogens is 4. The SMILES string of the molecule is O=S(=O)([O-])c1cc(Nc2nc(Cl)nc(Nc3ccccc3Cl)n2)ccc1/C=C/c1ccc(Nc2nc(Cl)nc(Nc3ccccc3Cl)n2)cc1S(=O)(=O)[O-]. The molecule has 4 N–H and O–H groups in total. The zero-order chi connectivity index (χ0) is 38.6. The molecule has 4 aromatic carbocycles. The molecule has 0 aliphatic heterocycles. The van der Waals surface area contributed by atoms with Crippen molar-refractivity contribution < 1.29 is 25.9 Å². The third kappa shape index (κ3) is 9.87. The highest BCUT2D eigenvalue weighted by Crippen LogP contribution is 2.30. The Hall–Kier alpha value is -5.18. The minimum Gasteiger partial charge on any atom is -0.744 e. The van der Waals surface area contributed by atoms with Gasteiger partial charge in [-0.15, -0.1) is 0 Å². The maximum Gasteiger partial charge on any atom is 0.233 e. The fraction of sp³-hybridized carbons (Fsp3) is 0. The van der Waals surface area contributed by atoms with Gasteiger partial charge in [0.05, 0.1) is 31.2 Å². The number of nitrogens with one attached hydrogen (secondary N) is 4. The molecule has 0 atom stereocenters. The van der Waals surface area contributed by atoms with E-state index in [2.05, 4.69) is 51.2 Å². The molecule has 0 amide bonds. The van der Waals surface area contributed by atoms with Crippen molar-refractivity contribution in [2.75, 3.05) is 21.3 Å². The van der Waals surface area contributed by atoms with Gasteiger partial charge in [-0.2, -0.15) is 29.9 Å². The Labute approximate surface area is 327 Å². The Morgan fingerprint density at radius 2 is 0.833 bits per heavy atom. The standard InChI is InChI=1S/C32H22Cl4N10O6S2/c33-21-5-1-3-7-23(21)39-31-43-27(35)41-29(45-31)37-19-13-11-17(25(15-19)53(47,48)49)9-10-18-12-14-20(16-26(18)54(50,51)52)38-30-42-28(36)44-32(46-30)40-24-8-4-2-6-22(24)34/h1-16H,(H,47,48,49)(H,50,51,52)(H2,37,39,41,43,45)(H2,38,40,42,44,46)/p-2/b10-9+. The lowest BCUT2D eigenvalue weighted by Crippen LogP contribution is -2.06. The van der Waals surface area contributed by atoms with E-state index >= 15 is 0 Å². The van der Waals surface area contributed by atoms with Crippen LogP contribution in [0.3, 0.4) is 0 Å². The number of benzene rings is 4. The molecular formula is C32H20Cl4N10O6S2-2. The van der Waals surface area contributed by atoms with Crippen LogP contribution in [0.5, 0.6) is 0 Å². The minimum absolute atomic E-state index is 0.0134. The summed E-state index contributed by atoms with van der Waals surface area (Å²) in [6.07, 6.45) is 2.32. The molecule has 6 aromatic rings. The second-order valence-electron chi connectivity index (χ2n) is 10.7. The van der Waals surface area contributed by atoms with E-state index in [4.69, 9.17) is 46.4 Å². The molecule has 276 valence electrons. The van der Waals surface area contributed by atoms with Crippen LogP contribution < -0.4 is 21.3 Å². The lowest BCUT2D eigenvalue weighted by Gasteiger charge is -2.15. The van der Waals surface area contributed by atoms with E-state index in [9.17, 15) is 25.9 Å². The van der Waals surface area contributed by atoms with E-state index in [1.165, 1.54) is 24.3 Å². The first kappa shape index (κ1) is 38.5. The van der Waals surface area contributed by atoms with Gasteiger partial charge in [-0.25, -0.2) is 16.8 Å². The van der Waals surface area contributed by atoms with Crippen LogP contribution in [-0.2, 0) is 20.2 Å². The molecule has 0 saturated carbocycles. The molecule has 0 aliphatic rings. The molecule has 0 unspecified atom stereocenters. The van der Waals surface area contributed by atoms with E-state index in [1.54, 1.807) is 48.5 Å². The van der Waals surface area contributed by atoms with E-state index in [-0.39, 0.29) is 56.9 Å². The average Bonchev–Trinajstić information content (AvgIpc) is 3.09. The largest absolute Gasteiger partial charge is 0.744 e. The molecule has 54 heavy (non-hydrogen) atoms. The van der Waals surface area contributed by atoms with Crippen molar-refractivity contribution in [3.8, 4) is 0 Å². The number of hydrogen-bond donors (Lipinski definition) is 4. The van der Waals surface area contributed by atoms with Crippen molar-refractivity contribution in [1.29, 1.82) is 0 Å². The van der Waals surface area contributed by atoms with Crippen LogP contribution in [-0.4, -0.2) is 55.8 Å². The topological polar surface area (TPSA) is 240 Å². The summed E-state index contributed by atoms with van der Waals surface area (Å²) in [6, 6.07) is 21.0. The van der Waals surface area contributed by atoms with Gasteiger partial charge in [0, 0.05) is 11.4 Å². The van der Waals surface area contributed by atoms with Crippen molar-refractivity contribution in [1.82, 2.24) is 29.9 Å². The van der Waals surface area contributed by atoms with Crippen molar-refractivity contribution in [2.45, 2.75) is 9.79 Å². The molecular weight excluding hydrogens is 826 g/mol. The van der Waals surface area contributed by atoms with Crippen LogP contribution in [0, 0.1) is 0 Å². The number of aromatic nitrogens is 6. The van der Waals surface area contributed by atoms with Gasteiger partial charge in [-0.1, -0.05) is 71.8 Å². The van der Waals surface area contributed by atoms with Crippen LogP contribution in [0.1, 0.15) is 11.1 Å². The van der Waals surface area contributed by atoms with Gasteiger partial charge < -0.3 is 30.4 Å². The lowest BCUT2D eigenvalue weighted by atomic mass is 10.1. The first-order valence-corrected chi connectivity index (χ1v) is 19.2. The maximum absolute atomic E-state index is 12.3. The lowest BCUT2D eigenvalue weighted by molar-refractivity contribution is 0.460. The maximum atomic E-state index is 12.3. The van der Waals surface area contributed by atoms with Gasteiger partial charge in [-0.3, -0.25) is 0 Å². The summed E-state index contributed by atoms with van der Waals surface area (Å²) >= 11 is 24.5. The fourth-order valence-corrected chi connectivity index (χ4v) is 6.74. The van der Waals surface area contributed by atoms with Crippen molar-refractivity contribution in [3.05, 3.63) is 117 Å². The molecule has 0 saturated heterocycles. The monoisotopic (exact) mass is 844 g/mol. The highest BCUT2D eigenvalue weighted by Gasteiger charge is 2.15. The summed E-state index contributed by atoms with van der Waals surface area (Å²) < 4.78 is 74.0. The minimum atomic E-state index is -5.10. The third-order valence-corrected chi connectivity index (χ3v) is 9.76. The Morgan fingerprint density at radius 1 is 0.481 bits per heavy atom. The van der Waals surface area contributed by atoms with Crippen molar-refractivity contribution in [3.63, 3.8) is 0 Å². The molecule has 0 radical (unpaired) electrons. The molecule has 6 rings (SSSR count). The molecule has 16 nitrogen and oxygen atoms in total. The van der Waals surface area contributed by atoms with Crippen LogP contribution in [0.2, 0.25) is 20.6 Å². The first-order valence-electron chi connectivity index (χ1n) is 14.9. The average molecular weight is 847 g/mol. The molecule has 0 aliphatic carbocycles. The second-order valence-corrected chi connectivity index (χ2v) is 14.9. The second kappa shape index (κ2) is 16.0. The number of rotatable bonds is 12. The number of nitrogens with zero attached hydrogens (tertiary/aromatic N) is 6. The smallest absolute Gasteiger partial charge is 0.233 e. The Balaban J connectivity index is 1.25. The predicted octanol–water partition coefficient (Wildman–Crippen LogP) is 7.62. The quantitative estimate of drug-likeness (QED) is 0.0684. The normalized spacial score (nSPS) is 11.7. The van der Waals surface area contributed by atoms with Crippen LogP contribution in [0.4, 0.5) is 46.5 Å². The molecule has 0 spiro atoms. The third-order valence-electron chi connectivity index (χ3n) is 6.98. The molecule has 0 fully saturated rings. The Bertz CT molecular complexity index is 2480. The number of para-hydroxylation sites is 2.